The van der Waals surface area contributed by atoms with Crippen molar-refractivity contribution in [3.63, 3.8) is 0 Å². The zero-order chi connectivity index (χ0) is 41.2. The third kappa shape index (κ3) is 9.32. The Labute approximate surface area is 357 Å². The Bertz CT molecular complexity index is 2530. The molecule has 61 heavy (non-hydrogen) atoms. The van der Waals surface area contributed by atoms with Crippen LogP contribution in [0.3, 0.4) is 0 Å². The number of benzene rings is 3. The number of nitrogens with zero attached hydrogens (tertiary/aromatic N) is 6. The van der Waals surface area contributed by atoms with Crippen molar-refractivity contribution in [2.24, 2.45) is 0 Å². The van der Waals surface area contributed by atoms with E-state index < -0.39 is 0 Å². The van der Waals surface area contributed by atoms with Gasteiger partial charge in [-0.3, -0.25) is 19.9 Å². The van der Waals surface area contributed by atoms with E-state index in [1.807, 2.05) is 72.8 Å². The number of aromatic nitrogens is 6. The quantitative estimate of drug-likeness (QED) is 0.101. The van der Waals surface area contributed by atoms with Gasteiger partial charge in [0.15, 0.2) is 0 Å². The molecule has 0 aliphatic carbocycles. The minimum absolute atomic E-state index is 0.680. The molecular weight excluding hydrogens is 749 g/mol. The molecule has 3 aromatic carbocycles. The van der Waals surface area contributed by atoms with E-state index >= 15 is 0 Å². The van der Waals surface area contributed by atoms with Crippen LogP contribution in [-0.2, 0) is 0 Å². The zero-order valence-electron chi connectivity index (χ0n) is 34.0. The van der Waals surface area contributed by atoms with Crippen LogP contribution in [-0.4, -0.2) is 36.5 Å². The summed E-state index contributed by atoms with van der Waals surface area (Å²) in [4.78, 5) is 28.3. The molecule has 0 spiro atoms. The molecule has 296 valence electrons. The van der Waals surface area contributed by atoms with E-state index in [2.05, 4.69) is 118 Å². The number of unbranched alkanes of at least 4 members (excludes halogenated alkanes) is 3. The topological polar surface area (TPSA) is 86.6 Å². The molecule has 0 saturated heterocycles. The van der Waals surface area contributed by atoms with Crippen molar-refractivity contribution in [2.45, 2.75) is 32.6 Å². The molecule has 0 saturated carbocycles. The largest absolute Gasteiger partial charge is 0.494 e. The highest BCUT2D eigenvalue weighted by Crippen LogP contribution is 2.36. The van der Waals surface area contributed by atoms with Crippen molar-refractivity contribution in [2.75, 3.05) is 6.61 Å². The molecular formula is C54H44N6O. The number of ether oxygens (including phenoxy) is 1. The van der Waals surface area contributed by atoms with E-state index in [-0.39, 0.29) is 0 Å². The lowest BCUT2D eigenvalue weighted by Gasteiger charge is -2.14. The lowest BCUT2D eigenvalue weighted by molar-refractivity contribution is 0.305. The Hall–Kier alpha value is -7.64. The van der Waals surface area contributed by atoms with Gasteiger partial charge >= 0.3 is 0 Å². The SMILES string of the molecule is CCCCCCOc1cc(-c2ccc(-c3cc(-c4ccccn4)nc(-c4ccccn4)c3)cc2)cc(-c2ccc(-c3cc(-c4ccccn4)nc(-c4ccccn4)c3)cc2)c1. The summed E-state index contributed by atoms with van der Waals surface area (Å²) in [7, 11) is 0. The summed E-state index contributed by atoms with van der Waals surface area (Å²) in [6.45, 7) is 2.91. The first-order valence-corrected chi connectivity index (χ1v) is 20.9. The predicted octanol–water partition coefficient (Wildman–Crippen LogP) is 13.4. The van der Waals surface area contributed by atoms with Crippen molar-refractivity contribution < 1.29 is 4.74 Å². The van der Waals surface area contributed by atoms with Crippen molar-refractivity contribution in [1.82, 2.24) is 29.9 Å². The van der Waals surface area contributed by atoms with Gasteiger partial charge in [0.1, 0.15) is 5.75 Å². The molecule has 0 aliphatic rings. The normalized spacial score (nSPS) is 11.0. The van der Waals surface area contributed by atoms with E-state index in [9.17, 15) is 0 Å². The monoisotopic (exact) mass is 792 g/mol. The predicted molar refractivity (Wildman–Crippen MR) is 246 cm³/mol. The summed E-state index contributed by atoms with van der Waals surface area (Å²) in [5.41, 5.74) is 15.1. The maximum absolute atomic E-state index is 6.45. The number of pyridine rings is 6. The second kappa shape index (κ2) is 18.5. The molecule has 0 radical (unpaired) electrons. The second-order valence-electron chi connectivity index (χ2n) is 14.9. The van der Waals surface area contributed by atoms with E-state index in [1.54, 1.807) is 24.8 Å². The van der Waals surface area contributed by atoms with E-state index in [0.29, 0.717) is 6.61 Å². The molecule has 7 heteroatoms. The van der Waals surface area contributed by atoms with Gasteiger partial charge in [-0.1, -0.05) is 99.0 Å². The highest BCUT2D eigenvalue weighted by Gasteiger charge is 2.14. The highest BCUT2D eigenvalue weighted by atomic mass is 16.5. The fraction of sp³-hybridized carbons (Fsp3) is 0.111. The fourth-order valence-corrected chi connectivity index (χ4v) is 7.42. The van der Waals surface area contributed by atoms with Crippen LogP contribution in [0.4, 0.5) is 0 Å². The minimum atomic E-state index is 0.680. The van der Waals surface area contributed by atoms with E-state index in [1.165, 1.54) is 12.8 Å². The average Bonchev–Trinajstić information content (AvgIpc) is 3.35. The summed E-state index contributed by atoms with van der Waals surface area (Å²) < 4.78 is 6.45. The third-order valence-electron chi connectivity index (χ3n) is 10.6. The molecule has 9 aromatic rings. The van der Waals surface area contributed by atoms with Crippen LogP contribution in [0.5, 0.6) is 5.75 Å². The van der Waals surface area contributed by atoms with Crippen molar-refractivity contribution in [1.29, 1.82) is 0 Å². The second-order valence-corrected chi connectivity index (χ2v) is 14.9. The van der Waals surface area contributed by atoms with Crippen LogP contribution in [0.25, 0.3) is 90.1 Å². The van der Waals surface area contributed by atoms with E-state index in [0.717, 1.165) is 109 Å². The van der Waals surface area contributed by atoms with Crippen molar-refractivity contribution >= 4 is 0 Å². The van der Waals surface area contributed by atoms with Crippen LogP contribution in [0.1, 0.15) is 32.6 Å². The lowest BCUT2D eigenvalue weighted by Crippen LogP contribution is -1.98. The van der Waals surface area contributed by atoms with Gasteiger partial charge in [0, 0.05) is 24.8 Å². The summed E-state index contributed by atoms with van der Waals surface area (Å²) in [6.07, 6.45) is 11.8. The van der Waals surface area contributed by atoms with Crippen LogP contribution in [0, 0.1) is 0 Å². The fourth-order valence-electron chi connectivity index (χ4n) is 7.42. The van der Waals surface area contributed by atoms with Gasteiger partial charge in [-0.25, -0.2) is 9.97 Å². The van der Waals surface area contributed by atoms with Crippen molar-refractivity contribution in [3.05, 3.63) is 189 Å². The summed E-state index contributed by atoms with van der Waals surface area (Å²) >= 11 is 0. The maximum atomic E-state index is 6.45. The number of rotatable bonds is 14. The van der Waals surface area contributed by atoms with Crippen LogP contribution >= 0.6 is 0 Å². The van der Waals surface area contributed by atoms with Gasteiger partial charge in [-0.15, -0.1) is 0 Å². The summed E-state index contributed by atoms with van der Waals surface area (Å²) in [5.74, 6) is 0.862. The van der Waals surface area contributed by atoms with Gasteiger partial charge in [0.25, 0.3) is 0 Å². The van der Waals surface area contributed by atoms with Gasteiger partial charge in [-0.05, 0) is 142 Å². The molecule has 6 aromatic heterocycles. The zero-order valence-corrected chi connectivity index (χ0v) is 34.0. The average molecular weight is 793 g/mol. The first-order chi connectivity index (χ1) is 30.2. The minimum Gasteiger partial charge on any atom is -0.494 e. The molecule has 6 heterocycles. The third-order valence-corrected chi connectivity index (χ3v) is 10.6. The standard InChI is InChI=1S/C54H44N6O/c1-2-3-4-13-30-61-46-32-42(38-18-22-40(23-19-38)44-34-51(47-14-5-9-26-55-47)59-52(35-44)48-15-6-10-27-56-48)31-43(33-46)39-20-24-41(25-21-39)45-36-53(49-16-7-11-28-57-49)60-54(37-45)50-17-8-12-29-58-50/h5-12,14-29,31-37H,2-4,13,30H2,1H3. The van der Waals surface area contributed by atoms with Crippen LogP contribution in [0.2, 0.25) is 0 Å². The molecule has 0 aliphatic heterocycles. The van der Waals surface area contributed by atoms with Gasteiger partial charge in [0.2, 0.25) is 0 Å². The first-order valence-electron chi connectivity index (χ1n) is 20.9. The smallest absolute Gasteiger partial charge is 0.120 e. The Morgan fingerprint density at radius 2 is 0.672 bits per heavy atom. The molecule has 0 amide bonds. The molecule has 0 fully saturated rings. The molecule has 0 atom stereocenters. The molecule has 7 nitrogen and oxygen atoms in total. The van der Waals surface area contributed by atoms with Crippen molar-refractivity contribution in [3.8, 4) is 95.8 Å². The Morgan fingerprint density at radius 3 is 0.984 bits per heavy atom. The van der Waals surface area contributed by atoms with Gasteiger partial charge in [0.05, 0.1) is 52.2 Å². The summed E-state index contributed by atoms with van der Waals surface area (Å²) in [5, 5.41) is 0. The van der Waals surface area contributed by atoms with Crippen LogP contribution in [0.15, 0.2) is 189 Å². The Balaban J connectivity index is 1.05. The molecule has 0 unspecified atom stereocenters. The highest BCUT2D eigenvalue weighted by molar-refractivity contribution is 5.81. The molecule has 0 N–H and O–H groups in total. The number of hydrogen-bond acceptors (Lipinski definition) is 7. The maximum Gasteiger partial charge on any atom is 0.120 e. The molecule has 9 rings (SSSR count). The Morgan fingerprint density at radius 1 is 0.328 bits per heavy atom. The molecule has 0 bridgehead atoms. The Kier molecular flexibility index (Phi) is 11.8. The lowest BCUT2D eigenvalue weighted by atomic mass is 9.95. The van der Waals surface area contributed by atoms with E-state index in [4.69, 9.17) is 14.7 Å². The van der Waals surface area contributed by atoms with Crippen LogP contribution < -0.4 is 4.74 Å². The number of hydrogen-bond donors (Lipinski definition) is 0. The van der Waals surface area contributed by atoms with Gasteiger partial charge in [-0.2, -0.15) is 0 Å². The summed E-state index contributed by atoms with van der Waals surface area (Å²) in [6, 6.07) is 56.0. The first kappa shape index (κ1) is 38.9. The van der Waals surface area contributed by atoms with Gasteiger partial charge < -0.3 is 4.74 Å².